The van der Waals surface area contributed by atoms with Crippen LogP contribution in [0.3, 0.4) is 0 Å². The summed E-state index contributed by atoms with van der Waals surface area (Å²) in [6.45, 7) is 2.64. The summed E-state index contributed by atoms with van der Waals surface area (Å²) < 4.78 is 25.7. The van der Waals surface area contributed by atoms with E-state index in [0.29, 0.717) is 6.42 Å². The van der Waals surface area contributed by atoms with Gasteiger partial charge < -0.3 is 5.32 Å². The zero-order valence-corrected chi connectivity index (χ0v) is 11.4. The Hall–Kier alpha value is 0.220. The van der Waals surface area contributed by atoms with Crippen molar-refractivity contribution in [2.24, 2.45) is 0 Å². The third-order valence-corrected chi connectivity index (χ3v) is 4.21. The molecule has 1 atom stereocenters. The van der Waals surface area contributed by atoms with Crippen molar-refractivity contribution in [2.45, 2.75) is 25.8 Å². The van der Waals surface area contributed by atoms with Crippen molar-refractivity contribution in [2.75, 3.05) is 31.4 Å². The molecule has 0 spiro atoms. The topological polar surface area (TPSA) is 58.2 Å². The number of nitrogens with one attached hydrogen (secondary N) is 2. The summed E-state index contributed by atoms with van der Waals surface area (Å²) in [6, 6.07) is 0.0389. The summed E-state index contributed by atoms with van der Waals surface area (Å²) in [5.74, 6) is 1.19. The van der Waals surface area contributed by atoms with E-state index in [-0.39, 0.29) is 11.8 Å². The molecule has 0 rings (SSSR count). The number of sulfonamides is 1. The van der Waals surface area contributed by atoms with Crippen molar-refractivity contribution in [3.05, 3.63) is 0 Å². The molecule has 0 fully saturated rings. The Morgan fingerprint density at radius 3 is 2.60 bits per heavy atom. The summed E-state index contributed by atoms with van der Waals surface area (Å²) in [6.07, 6.45) is 3.56. The Morgan fingerprint density at radius 1 is 1.40 bits per heavy atom. The molecule has 0 aromatic rings. The van der Waals surface area contributed by atoms with E-state index in [1.54, 1.807) is 11.8 Å². The Balaban J connectivity index is 3.81. The van der Waals surface area contributed by atoms with Crippen molar-refractivity contribution in [3.8, 4) is 0 Å². The lowest BCUT2D eigenvalue weighted by molar-refractivity contribution is 0.553. The van der Waals surface area contributed by atoms with E-state index >= 15 is 0 Å². The van der Waals surface area contributed by atoms with Gasteiger partial charge in [0.2, 0.25) is 10.0 Å². The SMILES string of the molecule is CNCCCS(=O)(=O)NC(C)CCSC. The van der Waals surface area contributed by atoms with Crippen molar-refractivity contribution in [1.29, 1.82) is 0 Å². The van der Waals surface area contributed by atoms with Crippen molar-refractivity contribution in [1.82, 2.24) is 10.0 Å². The molecular formula is C9H22N2O2S2. The molecule has 0 saturated heterocycles. The van der Waals surface area contributed by atoms with Crippen LogP contribution in [0.2, 0.25) is 0 Å². The Morgan fingerprint density at radius 2 is 2.07 bits per heavy atom. The highest BCUT2D eigenvalue weighted by Crippen LogP contribution is 2.01. The monoisotopic (exact) mass is 254 g/mol. The van der Waals surface area contributed by atoms with E-state index in [9.17, 15) is 8.42 Å². The van der Waals surface area contributed by atoms with Gasteiger partial charge in [0.1, 0.15) is 0 Å². The van der Waals surface area contributed by atoms with Crippen LogP contribution in [-0.2, 0) is 10.0 Å². The second-order valence-electron chi connectivity index (χ2n) is 3.58. The predicted octanol–water partition coefficient (Wildman–Crippen LogP) is 0.657. The molecule has 0 bridgehead atoms. The molecule has 0 aromatic heterocycles. The average molecular weight is 254 g/mol. The molecule has 0 aliphatic carbocycles. The molecule has 0 amide bonds. The Kier molecular flexibility index (Phi) is 8.50. The van der Waals surface area contributed by atoms with Crippen molar-refractivity contribution >= 4 is 21.8 Å². The van der Waals surface area contributed by atoms with Crippen LogP contribution in [0, 0.1) is 0 Å². The normalized spacial score (nSPS) is 14.1. The van der Waals surface area contributed by atoms with Gasteiger partial charge in [-0.2, -0.15) is 11.8 Å². The summed E-state index contributed by atoms with van der Waals surface area (Å²) in [4.78, 5) is 0. The molecule has 0 aromatic carbocycles. The minimum Gasteiger partial charge on any atom is -0.320 e. The van der Waals surface area contributed by atoms with Gasteiger partial charge in [0.05, 0.1) is 5.75 Å². The third-order valence-electron chi connectivity index (χ3n) is 1.98. The zero-order chi connectivity index (χ0) is 11.7. The average Bonchev–Trinajstić information content (AvgIpc) is 2.14. The zero-order valence-electron chi connectivity index (χ0n) is 9.75. The van der Waals surface area contributed by atoms with Crippen LogP contribution < -0.4 is 10.0 Å². The minimum absolute atomic E-state index is 0.0389. The maximum absolute atomic E-state index is 11.5. The lowest BCUT2D eigenvalue weighted by Gasteiger charge is -2.13. The number of hydrogen-bond acceptors (Lipinski definition) is 4. The summed E-state index contributed by atoms with van der Waals surface area (Å²) in [5.41, 5.74) is 0. The van der Waals surface area contributed by atoms with Crippen LogP contribution in [0.25, 0.3) is 0 Å². The van der Waals surface area contributed by atoms with Gasteiger partial charge in [-0.25, -0.2) is 13.1 Å². The molecular weight excluding hydrogens is 232 g/mol. The standard InChI is InChI=1S/C9H22N2O2S2/c1-9(5-7-14-3)11-15(12,13)8-4-6-10-2/h9-11H,4-8H2,1-3H3. The second kappa shape index (κ2) is 8.38. The Bertz CT molecular complexity index is 242. The van der Waals surface area contributed by atoms with E-state index in [0.717, 1.165) is 18.7 Å². The number of rotatable bonds is 9. The van der Waals surface area contributed by atoms with Gasteiger partial charge in [0.25, 0.3) is 0 Å². The van der Waals surface area contributed by atoms with Gasteiger partial charge in [-0.3, -0.25) is 0 Å². The van der Waals surface area contributed by atoms with Crippen molar-refractivity contribution < 1.29 is 8.42 Å². The fraction of sp³-hybridized carbons (Fsp3) is 1.00. The highest BCUT2D eigenvalue weighted by molar-refractivity contribution is 7.98. The Labute approximate surface area is 97.6 Å². The first-order valence-corrected chi connectivity index (χ1v) is 8.20. The third kappa shape index (κ3) is 9.17. The van der Waals surface area contributed by atoms with Crippen LogP contribution in [0.4, 0.5) is 0 Å². The van der Waals surface area contributed by atoms with E-state index in [2.05, 4.69) is 10.0 Å². The fourth-order valence-electron chi connectivity index (χ4n) is 1.16. The lowest BCUT2D eigenvalue weighted by Crippen LogP contribution is -2.35. The first-order chi connectivity index (χ1) is 7.02. The van der Waals surface area contributed by atoms with E-state index in [4.69, 9.17) is 0 Å². The van der Waals surface area contributed by atoms with Crippen molar-refractivity contribution in [3.63, 3.8) is 0 Å². The molecule has 0 radical (unpaired) electrons. The first-order valence-electron chi connectivity index (χ1n) is 5.15. The van der Waals surface area contributed by atoms with Gasteiger partial charge in [-0.15, -0.1) is 0 Å². The molecule has 92 valence electrons. The lowest BCUT2D eigenvalue weighted by atomic mass is 10.3. The second-order valence-corrected chi connectivity index (χ2v) is 6.44. The molecule has 6 heteroatoms. The molecule has 0 saturated carbocycles. The van der Waals surface area contributed by atoms with Gasteiger partial charge in [0.15, 0.2) is 0 Å². The van der Waals surface area contributed by atoms with Crippen LogP contribution in [-0.4, -0.2) is 45.8 Å². The number of thioether (sulfide) groups is 1. The summed E-state index contributed by atoms with van der Waals surface area (Å²) in [5, 5.41) is 2.93. The summed E-state index contributed by atoms with van der Waals surface area (Å²) in [7, 11) is -1.26. The van der Waals surface area contributed by atoms with Crippen LogP contribution in [0.15, 0.2) is 0 Å². The van der Waals surface area contributed by atoms with Gasteiger partial charge in [-0.05, 0) is 45.4 Å². The molecule has 4 nitrogen and oxygen atoms in total. The maximum Gasteiger partial charge on any atom is 0.211 e. The minimum atomic E-state index is -3.08. The van der Waals surface area contributed by atoms with E-state index < -0.39 is 10.0 Å². The molecule has 0 aliphatic heterocycles. The van der Waals surface area contributed by atoms with Crippen LogP contribution in [0.1, 0.15) is 19.8 Å². The maximum atomic E-state index is 11.5. The smallest absolute Gasteiger partial charge is 0.211 e. The van der Waals surface area contributed by atoms with E-state index in [1.165, 1.54) is 0 Å². The van der Waals surface area contributed by atoms with Crippen LogP contribution in [0.5, 0.6) is 0 Å². The van der Waals surface area contributed by atoms with Gasteiger partial charge >= 0.3 is 0 Å². The predicted molar refractivity (Wildman–Crippen MR) is 67.9 cm³/mol. The number of hydrogen-bond donors (Lipinski definition) is 2. The molecule has 0 aliphatic rings. The molecule has 0 heterocycles. The molecule has 1 unspecified atom stereocenters. The van der Waals surface area contributed by atoms with E-state index in [1.807, 2.05) is 20.2 Å². The highest BCUT2D eigenvalue weighted by Gasteiger charge is 2.13. The highest BCUT2D eigenvalue weighted by atomic mass is 32.2. The first kappa shape index (κ1) is 15.2. The molecule has 2 N–H and O–H groups in total. The molecule has 15 heavy (non-hydrogen) atoms. The summed E-state index contributed by atoms with van der Waals surface area (Å²) >= 11 is 1.73. The van der Waals surface area contributed by atoms with Crippen LogP contribution >= 0.6 is 11.8 Å². The quantitative estimate of drug-likeness (QED) is 0.593. The van der Waals surface area contributed by atoms with Gasteiger partial charge in [-0.1, -0.05) is 0 Å². The van der Waals surface area contributed by atoms with Gasteiger partial charge in [0, 0.05) is 6.04 Å². The largest absolute Gasteiger partial charge is 0.320 e. The fourth-order valence-corrected chi connectivity index (χ4v) is 3.12.